The van der Waals surface area contributed by atoms with Crippen molar-refractivity contribution >= 4 is 33.8 Å². The highest BCUT2D eigenvalue weighted by atomic mass is 32.2. The molecule has 0 spiro atoms. The highest BCUT2D eigenvalue weighted by Crippen LogP contribution is 2.42. The summed E-state index contributed by atoms with van der Waals surface area (Å²) in [6.45, 7) is 11.1. The first-order valence-electron chi connectivity index (χ1n) is 12.4. The molecule has 6 nitrogen and oxygen atoms in total. The lowest BCUT2D eigenvalue weighted by molar-refractivity contribution is 0.597. The molecule has 1 atom stereocenters. The van der Waals surface area contributed by atoms with Crippen LogP contribution in [0.5, 0.6) is 0 Å². The van der Waals surface area contributed by atoms with Crippen molar-refractivity contribution in [2.24, 2.45) is 18.7 Å². The molecule has 1 aliphatic rings. The van der Waals surface area contributed by atoms with Crippen LogP contribution < -0.4 is 11.3 Å². The lowest BCUT2D eigenvalue weighted by Crippen LogP contribution is -2.27. The fourth-order valence-electron chi connectivity index (χ4n) is 4.87. The number of aromatic nitrogens is 3. The van der Waals surface area contributed by atoms with Gasteiger partial charge in [0.05, 0.1) is 12.7 Å². The van der Waals surface area contributed by atoms with Crippen molar-refractivity contribution in [1.82, 2.24) is 14.3 Å². The third-order valence-corrected chi connectivity index (χ3v) is 8.34. The van der Waals surface area contributed by atoms with Crippen LogP contribution in [-0.2, 0) is 26.4 Å². The summed E-state index contributed by atoms with van der Waals surface area (Å²) in [7, 11) is 2.10. The summed E-state index contributed by atoms with van der Waals surface area (Å²) in [5, 5.41) is 13.0. The molecule has 0 saturated heterocycles. The number of hydrogen-bond donors (Lipinski definition) is 2. The minimum Gasteiger partial charge on any atom is -0.402 e. The van der Waals surface area contributed by atoms with Gasteiger partial charge < -0.3 is 15.7 Å². The van der Waals surface area contributed by atoms with Gasteiger partial charge in [0.15, 0.2) is 0 Å². The zero-order chi connectivity index (χ0) is 26.0. The monoisotopic (exact) mass is 501 g/mol. The van der Waals surface area contributed by atoms with Crippen molar-refractivity contribution < 1.29 is 0 Å². The molecule has 0 aliphatic heterocycles. The molecule has 0 amide bonds. The molecule has 1 aromatic carbocycles. The molecule has 0 radical (unpaired) electrons. The largest absolute Gasteiger partial charge is 0.402 e. The van der Waals surface area contributed by atoms with Gasteiger partial charge in [-0.1, -0.05) is 43.8 Å². The van der Waals surface area contributed by atoms with Crippen LogP contribution >= 0.6 is 11.8 Å². The second-order valence-corrected chi connectivity index (χ2v) is 10.8. The minimum atomic E-state index is -0.0243. The van der Waals surface area contributed by atoms with E-state index in [9.17, 15) is 4.79 Å². The number of fused-ring (bicyclic) bond motifs is 2. The van der Waals surface area contributed by atoms with E-state index in [1.165, 1.54) is 28.4 Å². The number of nitrogens with two attached hydrogens (primary N) is 1. The van der Waals surface area contributed by atoms with Crippen molar-refractivity contribution in [2.45, 2.75) is 53.0 Å². The van der Waals surface area contributed by atoms with Crippen LogP contribution in [-0.4, -0.2) is 20.6 Å². The second kappa shape index (κ2) is 10.7. The quantitative estimate of drug-likeness (QED) is 0.382. The lowest BCUT2D eigenvalue weighted by Gasteiger charge is -2.16. The lowest BCUT2D eigenvalue weighted by atomic mass is 9.98. The Morgan fingerprint density at radius 3 is 2.86 bits per heavy atom. The van der Waals surface area contributed by atoms with Gasteiger partial charge in [-0.2, -0.15) is 5.10 Å². The van der Waals surface area contributed by atoms with Gasteiger partial charge >= 0.3 is 0 Å². The first-order chi connectivity index (χ1) is 17.2. The molecule has 7 heteroatoms. The molecule has 0 fully saturated rings. The van der Waals surface area contributed by atoms with Gasteiger partial charge in [-0.15, -0.1) is 0 Å². The first-order valence-corrected chi connectivity index (χ1v) is 13.2. The van der Waals surface area contributed by atoms with E-state index in [1.54, 1.807) is 22.5 Å². The molecule has 3 aromatic rings. The molecule has 1 aliphatic carbocycles. The Hall–Kier alpha value is -3.32. The summed E-state index contributed by atoms with van der Waals surface area (Å²) < 4.78 is 3.82. The highest BCUT2D eigenvalue weighted by molar-refractivity contribution is 8.11. The van der Waals surface area contributed by atoms with Crippen LogP contribution in [0.3, 0.4) is 0 Å². The fourth-order valence-corrected chi connectivity index (χ4v) is 6.04. The molecule has 0 bridgehead atoms. The van der Waals surface area contributed by atoms with Crippen molar-refractivity contribution in [3.05, 3.63) is 92.0 Å². The summed E-state index contributed by atoms with van der Waals surface area (Å²) in [4.78, 5) is 15.6. The van der Waals surface area contributed by atoms with Crippen LogP contribution in [0.2, 0.25) is 0 Å². The number of thioether (sulfide) groups is 1. The Kier molecular flexibility index (Phi) is 7.69. The number of hydrogen-bond acceptors (Lipinski definition) is 5. The Morgan fingerprint density at radius 2 is 2.14 bits per heavy atom. The van der Waals surface area contributed by atoms with Crippen molar-refractivity contribution in [3.63, 3.8) is 0 Å². The summed E-state index contributed by atoms with van der Waals surface area (Å²) in [5.41, 5.74) is 13.1. The van der Waals surface area contributed by atoms with Crippen molar-refractivity contribution in [2.75, 3.05) is 0 Å². The Bertz CT molecular complexity index is 1460. The standard InChI is InChI=1S/C29H35N5OS/c1-6-24-15-22-14-21(8-10-27(22)33(24)5)17-34-29(35)25-9-7-18(2)20(4)28(26(25)16-32-34)36-19(3)13-23(31)11-12-30/h8,10-12,14-16,18,30H,3,6-7,9,13,17,31H2,1-2,4-5H3. The molecule has 1 unspecified atom stereocenters. The van der Waals surface area contributed by atoms with Crippen LogP contribution in [0.15, 0.2) is 64.1 Å². The maximum Gasteiger partial charge on any atom is 0.270 e. The summed E-state index contributed by atoms with van der Waals surface area (Å²) >= 11 is 1.57. The zero-order valence-electron chi connectivity index (χ0n) is 21.6. The normalized spacial score (nSPS) is 16.2. The van der Waals surface area contributed by atoms with Crippen LogP contribution in [0.1, 0.15) is 56.0 Å². The van der Waals surface area contributed by atoms with Gasteiger partial charge in [0, 0.05) is 58.0 Å². The predicted octanol–water partition coefficient (Wildman–Crippen LogP) is 5.79. The van der Waals surface area contributed by atoms with E-state index in [-0.39, 0.29) is 5.56 Å². The van der Waals surface area contributed by atoms with E-state index in [2.05, 4.69) is 68.3 Å². The number of nitrogens with one attached hydrogen (secondary N) is 1. The zero-order valence-corrected chi connectivity index (χ0v) is 22.4. The second-order valence-electron chi connectivity index (χ2n) is 9.62. The molecule has 3 N–H and O–H groups in total. The van der Waals surface area contributed by atoms with E-state index < -0.39 is 0 Å². The summed E-state index contributed by atoms with van der Waals surface area (Å²) in [6, 6.07) is 8.61. The maximum absolute atomic E-state index is 13.6. The SMILES string of the molecule is C=C(CC(N)=CC=N)SC1=C(C)C(C)CCc2c1cnn(Cc1ccc3c(c1)cc(CC)n3C)c2=O. The number of aryl methyl sites for hydroxylation is 2. The van der Waals surface area contributed by atoms with Gasteiger partial charge in [0.1, 0.15) is 0 Å². The van der Waals surface area contributed by atoms with Crippen molar-refractivity contribution in [1.29, 1.82) is 5.41 Å². The van der Waals surface area contributed by atoms with Crippen LogP contribution in [0, 0.1) is 11.3 Å². The van der Waals surface area contributed by atoms with Crippen LogP contribution in [0.25, 0.3) is 15.8 Å². The third-order valence-electron chi connectivity index (χ3n) is 7.16. The molecular formula is C29H35N5OS. The number of allylic oxidation sites excluding steroid dienone is 3. The molecule has 0 saturated carbocycles. The van der Waals surface area contributed by atoms with Gasteiger partial charge in [-0.25, -0.2) is 4.68 Å². The van der Waals surface area contributed by atoms with Crippen LogP contribution in [0.4, 0.5) is 0 Å². The highest BCUT2D eigenvalue weighted by Gasteiger charge is 2.24. The Labute approximate surface area is 217 Å². The third kappa shape index (κ3) is 5.12. The minimum absolute atomic E-state index is 0.0243. The van der Waals surface area contributed by atoms with E-state index in [0.717, 1.165) is 45.8 Å². The van der Waals surface area contributed by atoms with E-state index in [4.69, 9.17) is 11.1 Å². The topological polar surface area (TPSA) is 89.7 Å². The average Bonchev–Trinajstić information content (AvgIpc) is 3.11. The molecular weight excluding hydrogens is 466 g/mol. The Morgan fingerprint density at radius 1 is 1.36 bits per heavy atom. The molecule has 2 aromatic heterocycles. The fraction of sp³-hybridized carbons (Fsp3) is 0.345. The number of rotatable bonds is 8. The molecule has 188 valence electrons. The smallest absolute Gasteiger partial charge is 0.270 e. The van der Waals surface area contributed by atoms with Gasteiger partial charge in [0.2, 0.25) is 0 Å². The molecule has 2 heterocycles. The van der Waals surface area contributed by atoms with Gasteiger partial charge in [-0.05, 0) is 66.8 Å². The van der Waals surface area contributed by atoms with E-state index in [1.807, 2.05) is 6.20 Å². The van der Waals surface area contributed by atoms with E-state index >= 15 is 0 Å². The van der Waals surface area contributed by atoms with Gasteiger partial charge in [0.25, 0.3) is 5.56 Å². The van der Waals surface area contributed by atoms with Gasteiger partial charge in [-0.3, -0.25) is 4.79 Å². The summed E-state index contributed by atoms with van der Waals surface area (Å²) in [6.07, 6.45) is 7.72. The molecule has 36 heavy (non-hydrogen) atoms. The summed E-state index contributed by atoms with van der Waals surface area (Å²) in [5.74, 6) is 0.350. The van der Waals surface area contributed by atoms with E-state index in [0.29, 0.717) is 24.6 Å². The number of nitrogens with zero attached hydrogens (tertiary/aromatic N) is 3. The first kappa shape index (κ1) is 25.8. The molecule has 4 rings (SSSR count). The van der Waals surface area contributed by atoms with Crippen molar-refractivity contribution in [3.8, 4) is 0 Å². The average molecular weight is 502 g/mol. The maximum atomic E-state index is 13.6. The predicted molar refractivity (Wildman–Crippen MR) is 152 cm³/mol. The number of benzene rings is 1. The Balaban J connectivity index is 1.67.